The quantitative estimate of drug-likeness (QED) is 0.752. The van der Waals surface area contributed by atoms with Crippen molar-refractivity contribution in [3.63, 3.8) is 0 Å². The lowest BCUT2D eigenvalue weighted by Crippen LogP contribution is -2.58. The van der Waals surface area contributed by atoms with Crippen LogP contribution in [-0.2, 0) is 9.53 Å². The largest absolute Gasteiger partial charge is 0.480 e. The van der Waals surface area contributed by atoms with Crippen LogP contribution in [0.5, 0.6) is 0 Å². The van der Waals surface area contributed by atoms with E-state index in [1.165, 1.54) is 0 Å². The first kappa shape index (κ1) is 13.5. The smallest absolute Gasteiger partial charge is 0.324 e. The maximum Gasteiger partial charge on any atom is 0.324 e. The molecule has 1 fully saturated rings. The first-order valence-corrected chi connectivity index (χ1v) is 6.12. The number of rotatable bonds is 5. The molecular weight excluding hydrogens is 206 g/mol. The van der Waals surface area contributed by atoms with Crippen molar-refractivity contribution in [3.05, 3.63) is 0 Å². The zero-order chi connectivity index (χ0) is 12.2. The Kier molecular flexibility index (Phi) is 4.74. The molecule has 4 heteroatoms. The number of hydrogen-bond donors (Lipinski definition) is 2. The van der Waals surface area contributed by atoms with E-state index in [2.05, 4.69) is 19.2 Å². The first-order valence-electron chi connectivity index (χ1n) is 6.12. The van der Waals surface area contributed by atoms with E-state index >= 15 is 0 Å². The minimum atomic E-state index is -0.775. The maximum absolute atomic E-state index is 11.4. The molecule has 0 aromatic rings. The van der Waals surface area contributed by atoms with Crippen LogP contribution in [-0.4, -0.2) is 35.9 Å². The average molecular weight is 229 g/mol. The summed E-state index contributed by atoms with van der Waals surface area (Å²) in [5.41, 5.74) is -0.775. The topological polar surface area (TPSA) is 58.6 Å². The van der Waals surface area contributed by atoms with Gasteiger partial charge in [-0.3, -0.25) is 4.79 Å². The predicted molar refractivity (Wildman–Crippen MR) is 62.5 cm³/mol. The summed E-state index contributed by atoms with van der Waals surface area (Å²) in [5, 5.41) is 12.6. The summed E-state index contributed by atoms with van der Waals surface area (Å²) in [5.74, 6) is -0.377. The number of carboxylic acids is 1. The molecule has 0 bridgehead atoms. The highest BCUT2D eigenvalue weighted by molar-refractivity contribution is 5.79. The zero-order valence-electron chi connectivity index (χ0n) is 10.5. The summed E-state index contributed by atoms with van der Waals surface area (Å²) in [6.45, 7) is 7.47. The molecule has 2 unspecified atom stereocenters. The van der Waals surface area contributed by atoms with Gasteiger partial charge in [0.05, 0.1) is 6.10 Å². The molecule has 1 aliphatic heterocycles. The number of ether oxygens (including phenoxy) is 1. The Bertz CT molecular complexity index is 242. The molecule has 0 aliphatic carbocycles. The molecule has 4 nitrogen and oxygen atoms in total. The van der Waals surface area contributed by atoms with E-state index in [-0.39, 0.29) is 6.10 Å². The Labute approximate surface area is 97.4 Å². The third-order valence-electron chi connectivity index (χ3n) is 3.28. The Morgan fingerprint density at radius 1 is 1.62 bits per heavy atom. The Morgan fingerprint density at radius 3 is 2.81 bits per heavy atom. The van der Waals surface area contributed by atoms with Crippen molar-refractivity contribution in [1.82, 2.24) is 5.32 Å². The minimum absolute atomic E-state index is 0.0502. The predicted octanol–water partition coefficient (Wildman–Crippen LogP) is 1.64. The first-order chi connectivity index (χ1) is 7.52. The summed E-state index contributed by atoms with van der Waals surface area (Å²) in [6, 6.07) is 0. The van der Waals surface area contributed by atoms with E-state index < -0.39 is 11.5 Å². The van der Waals surface area contributed by atoms with Crippen molar-refractivity contribution in [3.8, 4) is 0 Å². The van der Waals surface area contributed by atoms with Gasteiger partial charge in [-0.1, -0.05) is 20.8 Å². The molecule has 1 saturated heterocycles. The van der Waals surface area contributed by atoms with E-state index in [1.54, 1.807) is 0 Å². The Morgan fingerprint density at radius 2 is 2.31 bits per heavy atom. The summed E-state index contributed by atoms with van der Waals surface area (Å²) in [6.07, 6.45) is 2.13. The molecule has 0 aromatic heterocycles. The van der Waals surface area contributed by atoms with E-state index in [0.717, 1.165) is 13.0 Å². The molecule has 2 N–H and O–H groups in total. The standard InChI is InChI=1S/C12H23NO3/c1-4-6-13-12(11(14)15)5-7-16-10(8-12)9(2)3/h9-10,13H,4-8H2,1-3H3,(H,14,15). The summed E-state index contributed by atoms with van der Waals surface area (Å²) in [4.78, 5) is 11.4. The minimum Gasteiger partial charge on any atom is -0.480 e. The van der Waals surface area contributed by atoms with Gasteiger partial charge in [0.25, 0.3) is 0 Å². The van der Waals surface area contributed by atoms with Crippen LogP contribution in [0.4, 0.5) is 0 Å². The molecule has 0 saturated carbocycles. The number of hydrogen-bond acceptors (Lipinski definition) is 3. The second-order valence-corrected chi connectivity index (χ2v) is 4.92. The van der Waals surface area contributed by atoms with Gasteiger partial charge in [0.15, 0.2) is 0 Å². The highest BCUT2D eigenvalue weighted by atomic mass is 16.5. The van der Waals surface area contributed by atoms with E-state index in [1.807, 2.05) is 6.92 Å². The van der Waals surface area contributed by atoms with Gasteiger partial charge in [-0.05, 0) is 25.3 Å². The van der Waals surface area contributed by atoms with Crippen LogP contribution in [0.2, 0.25) is 0 Å². The molecule has 0 radical (unpaired) electrons. The Hall–Kier alpha value is -0.610. The van der Waals surface area contributed by atoms with Gasteiger partial charge in [0, 0.05) is 13.0 Å². The van der Waals surface area contributed by atoms with Crippen LogP contribution >= 0.6 is 0 Å². The lowest BCUT2D eigenvalue weighted by molar-refractivity contribution is -0.153. The molecule has 94 valence electrons. The molecule has 0 amide bonds. The molecule has 1 heterocycles. The van der Waals surface area contributed by atoms with Gasteiger partial charge in [-0.25, -0.2) is 0 Å². The molecule has 0 aromatic carbocycles. The van der Waals surface area contributed by atoms with Gasteiger partial charge in [0.1, 0.15) is 5.54 Å². The van der Waals surface area contributed by atoms with Gasteiger partial charge in [-0.15, -0.1) is 0 Å². The lowest BCUT2D eigenvalue weighted by Gasteiger charge is -2.39. The summed E-state index contributed by atoms with van der Waals surface area (Å²) in [7, 11) is 0. The van der Waals surface area contributed by atoms with Crippen molar-refractivity contribution >= 4 is 5.97 Å². The van der Waals surface area contributed by atoms with Crippen LogP contribution in [0.1, 0.15) is 40.0 Å². The molecule has 1 rings (SSSR count). The van der Waals surface area contributed by atoms with Gasteiger partial charge in [-0.2, -0.15) is 0 Å². The van der Waals surface area contributed by atoms with Gasteiger partial charge in [0.2, 0.25) is 0 Å². The molecule has 1 aliphatic rings. The highest BCUT2D eigenvalue weighted by Gasteiger charge is 2.43. The highest BCUT2D eigenvalue weighted by Crippen LogP contribution is 2.29. The zero-order valence-corrected chi connectivity index (χ0v) is 10.5. The van der Waals surface area contributed by atoms with Gasteiger partial charge >= 0.3 is 5.97 Å². The van der Waals surface area contributed by atoms with Crippen molar-refractivity contribution in [2.75, 3.05) is 13.2 Å². The molecule has 16 heavy (non-hydrogen) atoms. The van der Waals surface area contributed by atoms with Crippen LogP contribution in [0, 0.1) is 5.92 Å². The molecular formula is C12H23NO3. The van der Waals surface area contributed by atoms with E-state index in [4.69, 9.17) is 4.74 Å². The van der Waals surface area contributed by atoms with Crippen LogP contribution < -0.4 is 5.32 Å². The SMILES string of the molecule is CCCNC1(C(=O)O)CCOC(C(C)C)C1. The maximum atomic E-state index is 11.4. The Balaban J connectivity index is 2.72. The fraction of sp³-hybridized carbons (Fsp3) is 0.917. The summed E-state index contributed by atoms with van der Waals surface area (Å²) >= 11 is 0. The normalized spacial score (nSPS) is 30.6. The average Bonchev–Trinajstić information content (AvgIpc) is 2.26. The van der Waals surface area contributed by atoms with E-state index in [9.17, 15) is 9.90 Å². The number of nitrogens with one attached hydrogen (secondary N) is 1. The van der Waals surface area contributed by atoms with Crippen molar-refractivity contribution in [2.45, 2.75) is 51.7 Å². The second-order valence-electron chi connectivity index (χ2n) is 4.92. The fourth-order valence-corrected chi connectivity index (χ4v) is 2.11. The fourth-order valence-electron chi connectivity index (χ4n) is 2.11. The summed E-state index contributed by atoms with van der Waals surface area (Å²) < 4.78 is 5.62. The van der Waals surface area contributed by atoms with Crippen molar-refractivity contribution in [1.29, 1.82) is 0 Å². The monoisotopic (exact) mass is 229 g/mol. The van der Waals surface area contributed by atoms with E-state index in [0.29, 0.717) is 25.4 Å². The number of aliphatic carboxylic acids is 1. The molecule has 0 spiro atoms. The van der Waals surface area contributed by atoms with Crippen molar-refractivity contribution < 1.29 is 14.6 Å². The third kappa shape index (κ3) is 2.95. The van der Waals surface area contributed by atoms with Gasteiger partial charge < -0.3 is 15.2 Å². The lowest BCUT2D eigenvalue weighted by atomic mass is 9.83. The number of carboxylic acid groups (broad SMARTS) is 1. The van der Waals surface area contributed by atoms with Crippen molar-refractivity contribution in [2.24, 2.45) is 5.92 Å². The molecule has 2 atom stereocenters. The number of carbonyl (C=O) groups is 1. The van der Waals surface area contributed by atoms with Crippen LogP contribution in [0.15, 0.2) is 0 Å². The van der Waals surface area contributed by atoms with Crippen LogP contribution in [0.25, 0.3) is 0 Å². The third-order valence-corrected chi connectivity index (χ3v) is 3.28. The second kappa shape index (κ2) is 5.64. The van der Waals surface area contributed by atoms with Crippen LogP contribution in [0.3, 0.4) is 0 Å².